The minimum absolute atomic E-state index is 0.127. The van der Waals surface area contributed by atoms with E-state index in [1.807, 2.05) is 0 Å². The van der Waals surface area contributed by atoms with E-state index in [1.165, 1.54) is 25.1 Å². The molecule has 0 aliphatic carbocycles. The molecule has 9 heteroatoms. The van der Waals surface area contributed by atoms with Gasteiger partial charge in [-0.3, -0.25) is 4.79 Å². The van der Waals surface area contributed by atoms with Crippen LogP contribution >= 0.6 is 23.2 Å². The van der Waals surface area contributed by atoms with Gasteiger partial charge >= 0.3 is 6.18 Å². The van der Waals surface area contributed by atoms with Crippen LogP contribution in [0.25, 0.3) is 0 Å². The van der Waals surface area contributed by atoms with Crippen molar-refractivity contribution >= 4 is 40.5 Å². The van der Waals surface area contributed by atoms with Crippen molar-refractivity contribution in [3.8, 4) is 11.5 Å². The number of ether oxygens (including phenoxy) is 1. The van der Waals surface area contributed by atoms with E-state index in [-0.39, 0.29) is 33.1 Å². The van der Waals surface area contributed by atoms with Crippen LogP contribution in [0.3, 0.4) is 0 Å². The number of nitrogens with one attached hydrogen (secondary N) is 1. The van der Waals surface area contributed by atoms with Crippen molar-refractivity contribution in [1.82, 2.24) is 0 Å². The molecule has 0 aromatic heterocycles. The summed E-state index contributed by atoms with van der Waals surface area (Å²) in [5.74, 6) is -0.229. The number of rotatable bonds is 3. The fourth-order valence-electron chi connectivity index (χ4n) is 1.85. The lowest BCUT2D eigenvalue weighted by atomic mass is 10.2. The maximum absolute atomic E-state index is 12.7. The second-order valence-corrected chi connectivity index (χ2v) is 5.61. The number of hydrogen-bond donors (Lipinski definition) is 2. The van der Waals surface area contributed by atoms with Crippen molar-refractivity contribution in [1.29, 1.82) is 0 Å². The Hall–Kier alpha value is -2.12. The lowest BCUT2D eigenvalue weighted by molar-refractivity contribution is -0.137. The van der Waals surface area contributed by atoms with Crippen molar-refractivity contribution in [3.05, 3.63) is 45.9 Å². The molecular weight excluding hydrogens is 368 g/mol. The fourth-order valence-corrected chi connectivity index (χ4v) is 2.41. The minimum atomic E-state index is -4.57. The molecule has 0 atom stereocenters. The van der Waals surface area contributed by atoms with Crippen LogP contribution in [-0.2, 0) is 11.0 Å². The molecule has 24 heavy (non-hydrogen) atoms. The normalized spacial score (nSPS) is 11.2. The molecule has 0 radical (unpaired) electrons. The number of halogens is 5. The van der Waals surface area contributed by atoms with Gasteiger partial charge in [-0.05, 0) is 24.3 Å². The fraction of sp³-hybridized carbons (Fsp3) is 0.133. The van der Waals surface area contributed by atoms with Gasteiger partial charge in [-0.1, -0.05) is 23.2 Å². The largest absolute Gasteiger partial charge is 0.454 e. The van der Waals surface area contributed by atoms with Crippen LogP contribution in [-0.4, -0.2) is 5.91 Å². The molecule has 0 heterocycles. The van der Waals surface area contributed by atoms with E-state index < -0.39 is 11.7 Å². The van der Waals surface area contributed by atoms with E-state index in [4.69, 9.17) is 33.7 Å². The van der Waals surface area contributed by atoms with E-state index in [2.05, 4.69) is 5.32 Å². The SMILES string of the molecule is CC(=O)Nc1ccc(Oc2c(Cl)cc(C(F)(F)F)cc2Cl)cc1N. The predicted molar refractivity (Wildman–Crippen MR) is 86.7 cm³/mol. The summed E-state index contributed by atoms with van der Waals surface area (Å²) < 4.78 is 43.5. The minimum Gasteiger partial charge on any atom is -0.454 e. The number of nitrogens with two attached hydrogens (primary N) is 1. The Labute approximate surface area is 145 Å². The Balaban J connectivity index is 2.32. The van der Waals surface area contributed by atoms with Crippen LogP contribution in [0.2, 0.25) is 10.0 Å². The van der Waals surface area contributed by atoms with Crippen LogP contribution in [0.5, 0.6) is 11.5 Å². The predicted octanol–water partition coefficient (Wildman–Crippen LogP) is 5.35. The smallest absolute Gasteiger partial charge is 0.416 e. The molecule has 0 bridgehead atoms. The monoisotopic (exact) mass is 378 g/mol. The van der Waals surface area contributed by atoms with E-state index in [0.29, 0.717) is 5.69 Å². The Bertz CT molecular complexity index is 772. The van der Waals surface area contributed by atoms with Crippen molar-refractivity contribution in [2.45, 2.75) is 13.1 Å². The number of carbonyl (C=O) groups excluding carboxylic acids is 1. The molecular formula is C15H11Cl2F3N2O2. The first-order chi connectivity index (χ1) is 11.1. The first-order valence-electron chi connectivity index (χ1n) is 6.49. The molecule has 0 saturated heterocycles. The standard InChI is InChI=1S/C15H11Cl2F3N2O2/c1-7(23)22-13-3-2-9(6-12(13)21)24-14-10(16)4-8(5-11(14)17)15(18,19)20/h2-6H,21H2,1H3,(H,22,23). The molecule has 2 rings (SSSR count). The molecule has 4 nitrogen and oxygen atoms in total. The number of hydrogen-bond acceptors (Lipinski definition) is 3. The molecule has 0 aliphatic heterocycles. The number of alkyl halides is 3. The lowest BCUT2D eigenvalue weighted by Gasteiger charge is -2.14. The molecule has 1 amide bonds. The summed E-state index contributed by atoms with van der Waals surface area (Å²) in [5.41, 5.74) is 5.37. The van der Waals surface area contributed by atoms with Gasteiger partial charge in [0, 0.05) is 13.0 Å². The van der Waals surface area contributed by atoms with Gasteiger partial charge in [-0.2, -0.15) is 13.2 Å². The molecule has 0 spiro atoms. The van der Waals surface area contributed by atoms with Crippen molar-refractivity contribution < 1.29 is 22.7 Å². The summed E-state index contributed by atoms with van der Waals surface area (Å²) in [5, 5.41) is 1.93. The second kappa shape index (κ2) is 6.78. The topological polar surface area (TPSA) is 64.3 Å². The first kappa shape index (κ1) is 18.2. The third-order valence-electron chi connectivity index (χ3n) is 2.88. The highest BCUT2D eigenvalue weighted by Gasteiger charge is 2.32. The molecule has 0 saturated carbocycles. The van der Waals surface area contributed by atoms with Crippen LogP contribution in [0, 0.1) is 0 Å². The van der Waals surface area contributed by atoms with Crippen LogP contribution in [0.15, 0.2) is 30.3 Å². The van der Waals surface area contributed by atoms with Gasteiger partial charge in [0.25, 0.3) is 0 Å². The quantitative estimate of drug-likeness (QED) is 0.707. The number of carbonyl (C=O) groups is 1. The first-order valence-corrected chi connectivity index (χ1v) is 7.24. The van der Waals surface area contributed by atoms with Crippen molar-refractivity contribution in [2.75, 3.05) is 11.1 Å². The summed E-state index contributed by atoms with van der Waals surface area (Å²) >= 11 is 11.7. The summed E-state index contributed by atoms with van der Waals surface area (Å²) in [6.07, 6.45) is -4.57. The molecule has 0 fully saturated rings. The van der Waals surface area contributed by atoms with E-state index in [1.54, 1.807) is 0 Å². The maximum atomic E-state index is 12.7. The van der Waals surface area contributed by atoms with Crippen molar-refractivity contribution in [2.24, 2.45) is 0 Å². The number of amides is 1. The lowest BCUT2D eigenvalue weighted by Crippen LogP contribution is -2.08. The van der Waals surface area contributed by atoms with Gasteiger partial charge in [0.1, 0.15) is 5.75 Å². The van der Waals surface area contributed by atoms with Gasteiger partial charge in [0.2, 0.25) is 5.91 Å². The molecule has 2 aromatic carbocycles. The Morgan fingerprint density at radius 2 is 1.75 bits per heavy atom. The van der Waals surface area contributed by atoms with Crippen molar-refractivity contribution in [3.63, 3.8) is 0 Å². The highest BCUT2D eigenvalue weighted by molar-refractivity contribution is 6.37. The Kier molecular flexibility index (Phi) is 5.15. The third-order valence-corrected chi connectivity index (χ3v) is 3.44. The second-order valence-electron chi connectivity index (χ2n) is 4.80. The summed E-state index contributed by atoms with van der Waals surface area (Å²) in [6, 6.07) is 5.77. The highest BCUT2D eigenvalue weighted by atomic mass is 35.5. The van der Waals surface area contributed by atoms with E-state index in [0.717, 1.165) is 12.1 Å². The van der Waals surface area contributed by atoms with Crippen LogP contribution < -0.4 is 15.8 Å². The Morgan fingerprint density at radius 3 is 2.21 bits per heavy atom. The van der Waals surface area contributed by atoms with Gasteiger partial charge in [0.15, 0.2) is 5.75 Å². The third kappa shape index (κ3) is 4.24. The zero-order chi connectivity index (χ0) is 18.1. The molecule has 128 valence electrons. The number of anilines is 2. The highest BCUT2D eigenvalue weighted by Crippen LogP contribution is 2.42. The zero-order valence-corrected chi connectivity index (χ0v) is 13.7. The van der Waals surface area contributed by atoms with Gasteiger partial charge in [-0.15, -0.1) is 0 Å². The number of nitrogen functional groups attached to an aromatic ring is 1. The average molecular weight is 379 g/mol. The van der Waals surface area contributed by atoms with Gasteiger partial charge < -0.3 is 15.8 Å². The Morgan fingerprint density at radius 1 is 1.17 bits per heavy atom. The molecule has 0 unspecified atom stereocenters. The van der Waals surface area contributed by atoms with Gasteiger partial charge in [-0.25, -0.2) is 0 Å². The summed E-state index contributed by atoms with van der Waals surface area (Å²) in [6.45, 7) is 1.33. The summed E-state index contributed by atoms with van der Waals surface area (Å²) in [7, 11) is 0. The molecule has 0 aliphatic rings. The van der Waals surface area contributed by atoms with Gasteiger partial charge in [0.05, 0.1) is 27.0 Å². The molecule has 2 aromatic rings. The zero-order valence-electron chi connectivity index (χ0n) is 12.2. The van der Waals surface area contributed by atoms with E-state index in [9.17, 15) is 18.0 Å². The number of benzene rings is 2. The average Bonchev–Trinajstić information content (AvgIpc) is 2.44. The maximum Gasteiger partial charge on any atom is 0.416 e. The van der Waals surface area contributed by atoms with Crippen LogP contribution in [0.1, 0.15) is 12.5 Å². The van der Waals surface area contributed by atoms with E-state index >= 15 is 0 Å². The van der Waals surface area contributed by atoms with Crippen LogP contribution in [0.4, 0.5) is 24.5 Å². The summed E-state index contributed by atoms with van der Waals surface area (Å²) in [4.78, 5) is 11.0. The molecule has 3 N–H and O–H groups in total.